The molecule has 2 aromatic rings. The van der Waals surface area contributed by atoms with Crippen molar-refractivity contribution in [1.82, 2.24) is 10.3 Å². The van der Waals surface area contributed by atoms with Gasteiger partial charge in [-0.25, -0.2) is 0 Å². The second kappa shape index (κ2) is 8.83. The largest absolute Gasteiger partial charge is 0.381 e. The molecule has 5 rings (SSSR count). The Morgan fingerprint density at radius 2 is 1.91 bits per heavy atom. The number of rotatable bonds is 6. The minimum Gasteiger partial charge on any atom is -0.381 e. The van der Waals surface area contributed by atoms with Gasteiger partial charge in [0.15, 0.2) is 0 Å². The van der Waals surface area contributed by atoms with Crippen LogP contribution in [0, 0.1) is 0 Å². The highest BCUT2D eigenvalue weighted by Crippen LogP contribution is 2.30. The van der Waals surface area contributed by atoms with Crippen molar-refractivity contribution in [3.63, 3.8) is 0 Å². The van der Waals surface area contributed by atoms with E-state index in [1.54, 1.807) is 0 Å². The van der Waals surface area contributed by atoms with Crippen molar-refractivity contribution in [2.75, 3.05) is 6.54 Å². The van der Waals surface area contributed by atoms with Gasteiger partial charge in [0.25, 0.3) is 0 Å². The molecule has 0 spiro atoms. The zero-order chi connectivity index (χ0) is 21.9. The number of aliphatic imine (C=N–C) groups is 2. The summed E-state index contributed by atoms with van der Waals surface area (Å²) in [5.41, 5.74) is 10.2. The molecule has 4 heteroatoms. The number of aromatic amines is 1. The molecule has 2 N–H and O–H groups in total. The predicted molar refractivity (Wildman–Crippen MR) is 134 cm³/mol. The first-order valence-corrected chi connectivity index (χ1v) is 11.3. The molecule has 160 valence electrons. The predicted octanol–water partition coefficient (Wildman–Crippen LogP) is 5.55. The summed E-state index contributed by atoms with van der Waals surface area (Å²) in [5, 5.41) is 3.39. The minimum atomic E-state index is 0.154. The Bertz CT molecular complexity index is 1230. The minimum absolute atomic E-state index is 0.154. The van der Waals surface area contributed by atoms with Crippen molar-refractivity contribution in [3.8, 4) is 0 Å². The Morgan fingerprint density at radius 3 is 2.66 bits per heavy atom. The van der Waals surface area contributed by atoms with Gasteiger partial charge in [0.05, 0.1) is 17.5 Å². The second-order valence-electron chi connectivity index (χ2n) is 8.28. The van der Waals surface area contributed by atoms with Crippen molar-refractivity contribution >= 4 is 17.0 Å². The van der Waals surface area contributed by atoms with Crippen molar-refractivity contribution in [2.24, 2.45) is 9.98 Å². The SMILES string of the molecule is CCC1=N/C(=C(/c2ccccc2)c2ccc(CC3C=CC(/C(C)=C4/C=CCN4)=N3)[nH]2)C=C1. The molecule has 0 aliphatic carbocycles. The van der Waals surface area contributed by atoms with Crippen LogP contribution >= 0.6 is 0 Å². The first-order chi connectivity index (χ1) is 15.7. The summed E-state index contributed by atoms with van der Waals surface area (Å²) in [7, 11) is 0. The summed E-state index contributed by atoms with van der Waals surface area (Å²) in [4.78, 5) is 13.5. The quantitative estimate of drug-likeness (QED) is 0.632. The van der Waals surface area contributed by atoms with E-state index in [0.29, 0.717) is 0 Å². The van der Waals surface area contributed by atoms with Crippen LogP contribution in [0.2, 0.25) is 0 Å². The summed E-state index contributed by atoms with van der Waals surface area (Å²) < 4.78 is 0. The monoisotopic (exact) mass is 420 g/mol. The van der Waals surface area contributed by atoms with Gasteiger partial charge in [0.1, 0.15) is 0 Å². The van der Waals surface area contributed by atoms with E-state index in [-0.39, 0.29) is 6.04 Å². The zero-order valence-electron chi connectivity index (χ0n) is 18.6. The second-order valence-corrected chi connectivity index (χ2v) is 8.28. The topological polar surface area (TPSA) is 52.5 Å². The summed E-state index contributed by atoms with van der Waals surface area (Å²) in [6.07, 6.45) is 14.7. The van der Waals surface area contributed by atoms with Crippen LogP contribution in [0.3, 0.4) is 0 Å². The average Bonchev–Trinajstić information content (AvgIpc) is 3.62. The van der Waals surface area contributed by atoms with Gasteiger partial charge in [-0.05, 0) is 60.9 Å². The molecule has 0 bridgehead atoms. The highest BCUT2D eigenvalue weighted by atomic mass is 14.9. The van der Waals surface area contributed by atoms with Crippen LogP contribution in [-0.2, 0) is 6.42 Å². The van der Waals surface area contributed by atoms with Crippen LogP contribution in [0.4, 0.5) is 0 Å². The number of hydrogen-bond donors (Lipinski definition) is 2. The Hall–Kier alpha value is -3.66. The average molecular weight is 421 g/mol. The molecule has 1 atom stereocenters. The highest BCUT2D eigenvalue weighted by Gasteiger charge is 2.18. The third-order valence-electron chi connectivity index (χ3n) is 6.09. The number of H-pyrrole nitrogens is 1. The fraction of sp³-hybridized carbons (Fsp3) is 0.214. The molecular formula is C28H28N4. The molecular weight excluding hydrogens is 392 g/mol. The Balaban J connectivity index is 1.40. The third kappa shape index (κ3) is 4.09. The van der Waals surface area contributed by atoms with Crippen LogP contribution in [-0.4, -0.2) is 29.0 Å². The van der Waals surface area contributed by atoms with E-state index >= 15 is 0 Å². The molecule has 4 nitrogen and oxygen atoms in total. The Labute approximate surface area is 189 Å². The van der Waals surface area contributed by atoms with Gasteiger partial charge in [0.2, 0.25) is 0 Å². The summed E-state index contributed by atoms with van der Waals surface area (Å²) >= 11 is 0. The zero-order valence-corrected chi connectivity index (χ0v) is 18.6. The van der Waals surface area contributed by atoms with Crippen LogP contribution < -0.4 is 5.32 Å². The molecule has 32 heavy (non-hydrogen) atoms. The molecule has 0 saturated heterocycles. The number of hydrogen-bond acceptors (Lipinski definition) is 3. The lowest BCUT2D eigenvalue weighted by molar-refractivity contribution is 0.805. The van der Waals surface area contributed by atoms with Gasteiger partial charge < -0.3 is 10.3 Å². The van der Waals surface area contributed by atoms with E-state index in [1.165, 1.54) is 22.5 Å². The van der Waals surface area contributed by atoms with Gasteiger partial charge in [-0.15, -0.1) is 0 Å². The van der Waals surface area contributed by atoms with E-state index < -0.39 is 0 Å². The maximum absolute atomic E-state index is 4.95. The number of benzene rings is 1. The Kier molecular flexibility index (Phi) is 5.59. The molecule has 4 heterocycles. The van der Waals surface area contributed by atoms with Gasteiger partial charge in [0, 0.05) is 41.3 Å². The fourth-order valence-electron chi connectivity index (χ4n) is 4.32. The standard InChI is InChI=1S/C28H28N4/c1-3-21-11-15-26(30-21)28(20-8-5-4-6-9-20)27-16-13-23(32-27)18-22-12-14-25(31-22)19(2)24-10-7-17-29-24/h4-16,22,29,32H,3,17-18H2,1-2H3/b24-19-,28-26-. The maximum Gasteiger partial charge on any atom is 0.0745 e. The maximum atomic E-state index is 4.95. The van der Waals surface area contributed by atoms with E-state index in [9.17, 15) is 0 Å². The molecule has 1 unspecified atom stereocenters. The van der Waals surface area contributed by atoms with Crippen molar-refractivity contribution in [3.05, 3.63) is 113 Å². The molecule has 0 amide bonds. The van der Waals surface area contributed by atoms with E-state index in [0.717, 1.165) is 47.8 Å². The molecule has 0 saturated carbocycles. The van der Waals surface area contributed by atoms with Gasteiger partial charge in [-0.2, -0.15) is 0 Å². The molecule has 1 aromatic heterocycles. The van der Waals surface area contributed by atoms with Crippen molar-refractivity contribution in [1.29, 1.82) is 0 Å². The van der Waals surface area contributed by atoms with Crippen LogP contribution in [0.1, 0.15) is 37.2 Å². The van der Waals surface area contributed by atoms with Crippen molar-refractivity contribution < 1.29 is 0 Å². The van der Waals surface area contributed by atoms with Crippen LogP contribution in [0.25, 0.3) is 5.57 Å². The Morgan fingerprint density at radius 1 is 1.03 bits per heavy atom. The molecule has 0 radical (unpaired) electrons. The summed E-state index contributed by atoms with van der Waals surface area (Å²) in [6.45, 7) is 5.17. The van der Waals surface area contributed by atoms with E-state index in [2.05, 4.69) is 97.0 Å². The van der Waals surface area contributed by atoms with Crippen molar-refractivity contribution in [2.45, 2.75) is 32.7 Å². The lowest BCUT2D eigenvalue weighted by Crippen LogP contribution is -2.10. The third-order valence-corrected chi connectivity index (χ3v) is 6.09. The number of aromatic nitrogens is 1. The number of nitrogens with one attached hydrogen (secondary N) is 2. The van der Waals surface area contributed by atoms with E-state index in [4.69, 9.17) is 9.98 Å². The number of allylic oxidation sites excluding steroid dienone is 5. The number of nitrogens with zero attached hydrogens (tertiary/aromatic N) is 2. The van der Waals surface area contributed by atoms with Crippen LogP contribution in [0.5, 0.6) is 0 Å². The van der Waals surface area contributed by atoms with Gasteiger partial charge in [-0.3, -0.25) is 9.98 Å². The smallest absolute Gasteiger partial charge is 0.0745 e. The normalized spacial score (nSPS) is 22.2. The van der Waals surface area contributed by atoms with Gasteiger partial charge >= 0.3 is 0 Å². The molecule has 0 fully saturated rings. The molecule has 3 aliphatic rings. The highest BCUT2D eigenvalue weighted by molar-refractivity contribution is 6.10. The molecule has 1 aromatic carbocycles. The summed E-state index contributed by atoms with van der Waals surface area (Å²) in [5.74, 6) is 0. The van der Waals surface area contributed by atoms with Crippen LogP contribution in [0.15, 0.2) is 106 Å². The first-order valence-electron chi connectivity index (χ1n) is 11.3. The van der Waals surface area contributed by atoms with Gasteiger partial charge in [-0.1, -0.05) is 49.4 Å². The molecule has 3 aliphatic heterocycles. The summed E-state index contributed by atoms with van der Waals surface area (Å²) in [6, 6.07) is 15.0. The van der Waals surface area contributed by atoms with E-state index in [1.807, 2.05) is 6.07 Å². The lowest BCUT2D eigenvalue weighted by atomic mass is 10.0. The first kappa shape index (κ1) is 20.3. The lowest BCUT2D eigenvalue weighted by Gasteiger charge is -2.09. The fourth-order valence-corrected chi connectivity index (χ4v) is 4.32.